The third kappa shape index (κ3) is 5.50. The van der Waals surface area contributed by atoms with Gasteiger partial charge in [0.15, 0.2) is 0 Å². The van der Waals surface area contributed by atoms with Crippen molar-refractivity contribution in [2.24, 2.45) is 0 Å². The predicted molar refractivity (Wildman–Crippen MR) is 93.6 cm³/mol. The maximum Gasteiger partial charge on any atom is 0.321 e. The van der Waals surface area contributed by atoms with Crippen LogP contribution >= 0.6 is 0 Å². The van der Waals surface area contributed by atoms with E-state index < -0.39 is 0 Å². The SMILES string of the molecule is CC(CC#N)N(C)C(=O)Nc1cccc(OCc2ccc(F)cc2)c1. The molecule has 6 heteroatoms. The van der Waals surface area contributed by atoms with Crippen molar-refractivity contribution in [1.82, 2.24) is 4.90 Å². The molecule has 2 amide bonds. The molecule has 1 N–H and O–H groups in total. The summed E-state index contributed by atoms with van der Waals surface area (Å²) in [6, 6.07) is 14.7. The lowest BCUT2D eigenvalue weighted by Gasteiger charge is -2.23. The summed E-state index contributed by atoms with van der Waals surface area (Å²) in [6.07, 6.45) is 0.269. The number of rotatable bonds is 6. The van der Waals surface area contributed by atoms with Gasteiger partial charge in [-0.1, -0.05) is 18.2 Å². The van der Waals surface area contributed by atoms with Gasteiger partial charge in [-0.3, -0.25) is 0 Å². The Labute approximate surface area is 146 Å². The zero-order valence-electron chi connectivity index (χ0n) is 14.2. The Morgan fingerprint density at radius 3 is 2.72 bits per heavy atom. The van der Waals surface area contributed by atoms with Gasteiger partial charge in [0, 0.05) is 24.8 Å². The van der Waals surface area contributed by atoms with Crippen molar-refractivity contribution in [3.05, 3.63) is 59.9 Å². The zero-order chi connectivity index (χ0) is 18.2. The first-order chi connectivity index (χ1) is 12.0. The smallest absolute Gasteiger partial charge is 0.321 e. The number of nitriles is 1. The highest BCUT2D eigenvalue weighted by Crippen LogP contribution is 2.19. The van der Waals surface area contributed by atoms with Crippen LogP contribution in [0, 0.1) is 17.1 Å². The van der Waals surface area contributed by atoms with E-state index in [9.17, 15) is 9.18 Å². The summed E-state index contributed by atoms with van der Waals surface area (Å²) in [6.45, 7) is 2.11. The molecule has 2 rings (SSSR count). The second kappa shape index (κ2) is 8.69. The van der Waals surface area contributed by atoms with Crippen LogP contribution < -0.4 is 10.1 Å². The van der Waals surface area contributed by atoms with Crippen molar-refractivity contribution >= 4 is 11.7 Å². The molecule has 0 heterocycles. The van der Waals surface area contributed by atoms with Crippen molar-refractivity contribution in [1.29, 1.82) is 5.26 Å². The lowest BCUT2D eigenvalue weighted by Crippen LogP contribution is -2.38. The maximum atomic E-state index is 12.9. The Kier molecular flexibility index (Phi) is 6.35. The Hall–Kier alpha value is -3.07. The second-order valence-corrected chi connectivity index (χ2v) is 5.70. The Morgan fingerprint density at radius 1 is 1.32 bits per heavy atom. The fourth-order valence-electron chi connectivity index (χ4n) is 2.09. The van der Waals surface area contributed by atoms with E-state index in [0.717, 1.165) is 5.56 Å². The van der Waals surface area contributed by atoms with Gasteiger partial charge >= 0.3 is 6.03 Å². The molecule has 0 aliphatic rings. The molecule has 2 aromatic carbocycles. The van der Waals surface area contributed by atoms with Gasteiger partial charge in [-0.05, 0) is 36.8 Å². The molecule has 0 fully saturated rings. The van der Waals surface area contributed by atoms with E-state index in [1.54, 1.807) is 43.4 Å². The van der Waals surface area contributed by atoms with E-state index in [2.05, 4.69) is 5.32 Å². The summed E-state index contributed by atoms with van der Waals surface area (Å²) in [4.78, 5) is 13.7. The molecule has 5 nitrogen and oxygen atoms in total. The average Bonchev–Trinajstić information content (AvgIpc) is 2.61. The standard InChI is InChI=1S/C19H20FN3O2/c1-14(10-11-21)23(2)19(24)22-17-4-3-5-18(12-17)25-13-15-6-8-16(20)9-7-15/h3-9,12,14H,10,13H2,1-2H3,(H,22,24). The first-order valence-corrected chi connectivity index (χ1v) is 7.87. The van der Waals surface area contributed by atoms with Gasteiger partial charge < -0.3 is 15.0 Å². The van der Waals surface area contributed by atoms with Crippen molar-refractivity contribution in [2.45, 2.75) is 26.0 Å². The minimum absolute atomic E-state index is 0.178. The fraction of sp³-hybridized carbons (Fsp3) is 0.263. The molecule has 0 aliphatic heterocycles. The highest BCUT2D eigenvalue weighted by Gasteiger charge is 2.15. The van der Waals surface area contributed by atoms with Crippen LogP contribution in [0.1, 0.15) is 18.9 Å². The largest absolute Gasteiger partial charge is 0.489 e. The van der Waals surface area contributed by atoms with Crippen LogP contribution in [0.4, 0.5) is 14.9 Å². The normalized spacial score (nSPS) is 11.3. The molecule has 0 saturated carbocycles. The molecular weight excluding hydrogens is 321 g/mol. The number of halogens is 1. The topological polar surface area (TPSA) is 65.4 Å². The number of hydrogen-bond donors (Lipinski definition) is 1. The zero-order valence-corrected chi connectivity index (χ0v) is 14.2. The third-order valence-corrected chi connectivity index (χ3v) is 3.77. The van der Waals surface area contributed by atoms with Crippen molar-refractivity contribution < 1.29 is 13.9 Å². The quantitative estimate of drug-likeness (QED) is 0.857. The van der Waals surface area contributed by atoms with E-state index in [1.807, 2.05) is 13.0 Å². The first kappa shape index (κ1) is 18.3. The summed E-state index contributed by atoms with van der Waals surface area (Å²) in [5.74, 6) is 0.304. The molecule has 2 aromatic rings. The molecule has 130 valence electrons. The number of ether oxygens (including phenoxy) is 1. The van der Waals surface area contributed by atoms with Gasteiger partial charge in [0.05, 0.1) is 12.5 Å². The number of hydrogen-bond acceptors (Lipinski definition) is 3. The molecule has 0 radical (unpaired) electrons. The van der Waals surface area contributed by atoms with Gasteiger partial charge in [-0.15, -0.1) is 0 Å². The van der Waals surface area contributed by atoms with Crippen molar-refractivity contribution in [3.63, 3.8) is 0 Å². The number of anilines is 1. The highest BCUT2D eigenvalue weighted by molar-refractivity contribution is 5.89. The van der Waals surface area contributed by atoms with Crippen LogP contribution in [-0.4, -0.2) is 24.0 Å². The monoisotopic (exact) mass is 341 g/mol. The number of carbonyl (C=O) groups is 1. The number of carbonyl (C=O) groups excluding carboxylic acids is 1. The van der Waals surface area contributed by atoms with Crippen LogP contribution in [0.2, 0.25) is 0 Å². The Morgan fingerprint density at radius 2 is 2.04 bits per heavy atom. The molecule has 1 unspecified atom stereocenters. The summed E-state index contributed by atoms with van der Waals surface area (Å²) in [5, 5.41) is 11.5. The lowest BCUT2D eigenvalue weighted by molar-refractivity contribution is 0.208. The molecule has 0 saturated heterocycles. The van der Waals surface area contributed by atoms with Gasteiger partial charge in [-0.25, -0.2) is 9.18 Å². The summed E-state index contributed by atoms with van der Waals surface area (Å²) < 4.78 is 18.6. The highest BCUT2D eigenvalue weighted by atomic mass is 19.1. The van der Waals surface area contributed by atoms with Gasteiger partial charge in [-0.2, -0.15) is 5.26 Å². The molecule has 0 spiro atoms. The molecule has 0 aromatic heterocycles. The minimum atomic E-state index is -0.293. The van der Waals surface area contributed by atoms with Crippen molar-refractivity contribution in [2.75, 3.05) is 12.4 Å². The van der Waals surface area contributed by atoms with Crippen LogP contribution in [0.25, 0.3) is 0 Å². The Balaban J connectivity index is 1.95. The predicted octanol–water partition coefficient (Wildman–Crippen LogP) is 4.17. The Bertz CT molecular complexity index is 756. The number of nitrogens with one attached hydrogen (secondary N) is 1. The molecule has 25 heavy (non-hydrogen) atoms. The lowest BCUT2D eigenvalue weighted by atomic mass is 10.2. The van der Waals surface area contributed by atoms with E-state index in [0.29, 0.717) is 18.0 Å². The van der Waals surface area contributed by atoms with Gasteiger partial charge in [0.2, 0.25) is 0 Å². The van der Waals surface area contributed by atoms with E-state index >= 15 is 0 Å². The van der Waals surface area contributed by atoms with Crippen LogP contribution in [-0.2, 0) is 6.61 Å². The van der Waals surface area contributed by atoms with E-state index in [4.69, 9.17) is 10.00 Å². The van der Waals surface area contributed by atoms with Gasteiger partial charge in [0.25, 0.3) is 0 Å². The maximum absolute atomic E-state index is 12.9. The van der Waals surface area contributed by atoms with Crippen LogP contribution in [0.15, 0.2) is 48.5 Å². The summed E-state index contributed by atoms with van der Waals surface area (Å²) >= 11 is 0. The number of urea groups is 1. The molecular formula is C19H20FN3O2. The van der Waals surface area contributed by atoms with E-state index in [1.165, 1.54) is 17.0 Å². The number of nitrogens with zero attached hydrogens (tertiary/aromatic N) is 2. The minimum Gasteiger partial charge on any atom is -0.489 e. The van der Waals surface area contributed by atoms with Crippen molar-refractivity contribution in [3.8, 4) is 11.8 Å². The van der Waals surface area contributed by atoms with Crippen LogP contribution in [0.5, 0.6) is 5.75 Å². The number of benzene rings is 2. The summed E-state index contributed by atoms with van der Waals surface area (Å²) in [5.41, 5.74) is 1.44. The number of amides is 2. The van der Waals surface area contributed by atoms with E-state index in [-0.39, 0.29) is 24.3 Å². The van der Waals surface area contributed by atoms with Gasteiger partial charge in [0.1, 0.15) is 18.2 Å². The first-order valence-electron chi connectivity index (χ1n) is 7.87. The summed E-state index contributed by atoms with van der Waals surface area (Å²) in [7, 11) is 1.65. The fourth-order valence-corrected chi connectivity index (χ4v) is 2.09. The second-order valence-electron chi connectivity index (χ2n) is 5.70. The van der Waals surface area contributed by atoms with Crippen LogP contribution in [0.3, 0.4) is 0 Å². The molecule has 0 bridgehead atoms. The third-order valence-electron chi connectivity index (χ3n) is 3.77. The molecule has 1 atom stereocenters. The average molecular weight is 341 g/mol. The molecule has 0 aliphatic carbocycles.